The summed E-state index contributed by atoms with van der Waals surface area (Å²) in [5.74, 6) is 0.917. The molecule has 2 unspecified atom stereocenters. The Balaban J connectivity index is 1.79. The SMILES string of the molecule is CCC1(C)CC(n2c(Nc3ccc(OC(F)(F)F)cc3)nc3cc(C(C)(C)O)c(C)cc32)C[C@H](C)C1. The number of aryl methyl sites for hydroxylation is 1. The Morgan fingerprint density at radius 1 is 1.17 bits per heavy atom. The van der Waals surface area contributed by atoms with Crippen LogP contribution in [0.2, 0.25) is 0 Å². The maximum atomic E-state index is 12.6. The van der Waals surface area contributed by atoms with Gasteiger partial charge in [0.15, 0.2) is 0 Å². The molecule has 0 radical (unpaired) electrons. The van der Waals surface area contributed by atoms with E-state index in [2.05, 4.69) is 41.5 Å². The molecule has 0 spiro atoms. The van der Waals surface area contributed by atoms with E-state index >= 15 is 0 Å². The van der Waals surface area contributed by atoms with Crippen LogP contribution in [0.25, 0.3) is 11.0 Å². The van der Waals surface area contributed by atoms with Crippen LogP contribution in [0.4, 0.5) is 24.8 Å². The van der Waals surface area contributed by atoms with Crippen molar-refractivity contribution >= 4 is 22.7 Å². The maximum absolute atomic E-state index is 12.6. The smallest absolute Gasteiger partial charge is 0.406 e. The van der Waals surface area contributed by atoms with Gasteiger partial charge in [-0.15, -0.1) is 13.2 Å². The van der Waals surface area contributed by atoms with Gasteiger partial charge in [-0.3, -0.25) is 0 Å². The molecule has 5 nitrogen and oxygen atoms in total. The lowest BCUT2D eigenvalue weighted by molar-refractivity contribution is -0.274. The predicted octanol–water partition coefficient (Wildman–Crippen LogP) is 7.99. The first-order chi connectivity index (χ1) is 16.7. The van der Waals surface area contributed by atoms with Crippen LogP contribution in [0.3, 0.4) is 0 Å². The lowest BCUT2D eigenvalue weighted by atomic mass is 9.68. The van der Waals surface area contributed by atoms with Gasteiger partial charge in [0.1, 0.15) is 5.75 Å². The highest BCUT2D eigenvalue weighted by Gasteiger charge is 2.37. The van der Waals surface area contributed by atoms with Crippen molar-refractivity contribution in [1.29, 1.82) is 0 Å². The van der Waals surface area contributed by atoms with E-state index in [1.54, 1.807) is 26.0 Å². The van der Waals surface area contributed by atoms with Gasteiger partial charge < -0.3 is 19.7 Å². The third-order valence-corrected chi connectivity index (χ3v) is 7.50. The first-order valence-corrected chi connectivity index (χ1v) is 12.6. The van der Waals surface area contributed by atoms with Gasteiger partial charge in [0, 0.05) is 11.7 Å². The molecular formula is C28H36F3N3O2. The molecular weight excluding hydrogens is 467 g/mol. The molecule has 2 aromatic carbocycles. The summed E-state index contributed by atoms with van der Waals surface area (Å²) in [4.78, 5) is 4.91. The third-order valence-electron chi connectivity index (χ3n) is 7.50. The van der Waals surface area contributed by atoms with Crippen molar-refractivity contribution in [2.45, 2.75) is 85.2 Å². The zero-order valence-electron chi connectivity index (χ0n) is 21.8. The number of halogens is 3. The van der Waals surface area contributed by atoms with Crippen LogP contribution in [0.1, 0.15) is 77.5 Å². The molecule has 0 saturated heterocycles. The van der Waals surface area contributed by atoms with Crippen molar-refractivity contribution in [1.82, 2.24) is 9.55 Å². The second-order valence-corrected chi connectivity index (χ2v) is 11.3. The first-order valence-electron chi connectivity index (χ1n) is 12.6. The van der Waals surface area contributed by atoms with Crippen molar-refractivity contribution in [2.75, 3.05) is 5.32 Å². The van der Waals surface area contributed by atoms with Gasteiger partial charge in [-0.1, -0.05) is 27.2 Å². The van der Waals surface area contributed by atoms with Crippen LogP contribution >= 0.6 is 0 Å². The molecule has 0 bridgehead atoms. The fraction of sp³-hybridized carbons (Fsp3) is 0.536. The second-order valence-electron chi connectivity index (χ2n) is 11.3. The average molecular weight is 504 g/mol. The Labute approximate surface area is 210 Å². The summed E-state index contributed by atoms with van der Waals surface area (Å²) in [5, 5.41) is 14.0. The van der Waals surface area contributed by atoms with Crippen LogP contribution in [-0.2, 0) is 5.60 Å². The zero-order chi connectivity index (χ0) is 26.5. The number of nitrogens with one attached hydrogen (secondary N) is 1. The van der Waals surface area contributed by atoms with Crippen molar-refractivity contribution in [3.8, 4) is 5.75 Å². The number of hydrogen-bond donors (Lipinski definition) is 2. The summed E-state index contributed by atoms with van der Waals surface area (Å²) >= 11 is 0. The Hall–Kier alpha value is -2.74. The minimum absolute atomic E-state index is 0.214. The molecule has 36 heavy (non-hydrogen) atoms. The van der Waals surface area contributed by atoms with Crippen LogP contribution in [0.5, 0.6) is 5.75 Å². The van der Waals surface area contributed by atoms with E-state index in [0.717, 1.165) is 41.4 Å². The highest BCUT2D eigenvalue weighted by molar-refractivity contribution is 5.82. The normalized spacial score (nSPS) is 23.2. The van der Waals surface area contributed by atoms with Gasteiger partial charge >= 0.3 is 6.36 Å². The lowest BCUT2D eigenvalue weighted by Gasteiger charge is -2.42. The quantitative estimate of drug-likeness (QED) is 0.358. The Bertz CT molecular complexity index is 1230. The predicted molar refractivity (Wildman–Crippen MR) is 137 cm³/mol. The number of nitrogens with zero attached hydrogens (tertiary/aromatic N) is 2. The third kappa shape index (κ3) is 5.64. The first kappa shape index (κ1) is 26.3. The van der Waals surface area contributed by atoms with Gasteiger partial charge in [-0.2, -0.15) is 0 Å². The lowest BCUT2D eigenvalue weighted by Crippen LogP contribution is -2.31. The van der Waals surface area contributed by atoms with Crippen molar-refractivity contribution in [3.63, 3.8) is 0 Å². The Kier molecular flexibility index (Phi) is 6.79. The van der Waals surface area contributed by atoms with E-state index in [0.29, 0.717) is 17.6 Å². The number of hydrogen-bond acceptors (Lipinski definition) is 4. The van der Waals surface area contributed by atoms with E-state index in [1.165, 1.54) is 18.6 Å². The number of rotatable bonds is 6. The molecule has 3 aromatic rings. The summed E-state index contributed by atoms with van der Waals surface area (Å²) < 4.78 is 44.0. The molecule has 1 aromatic heterocycles. The molecule has 1 heterocycles. The summed E-state index contributed by atoms with van der Waals surface area (Å²) in [6.45, 7) is 12.4. The average Bonchev–Trinajstić information content (AvgIpc) is 3.09. The van der Waals surface area contributed by atoms with Crippen LogP contribution < -0.4 is 10.1 Å². The molecule has 1 aliphatic rings. The number of benzene rings is 2. The van der Waals surface area contributed by atoms with Crippen LogP contribution in [0, 0.1) is 18.3 Å². The van der Waals surface area contributed by atoms with Gasteiger partial charge in [-0.25, -0.2) is 4.98 Å². The number of alkyl halides is 3. The molecule has 3 atom stereocenters. The van der Waals surface area contributed by atoms with E-state index in [-0.39, 0.29) is 17.2 Å². The van der Waals surface area contributed by atoms with Crippen molar-refractivity contribution in [2.24, 2.45) is 11.3 Å². The Morgan fingerprint density at radius 3 is 2.42 bits per heavy atom. The highest BCUT2D eigenvalue weighted by Crippen LogP contribution is 2.48. The van der Waals surface area contributed by atoms with E-state index in [9.17, 15) is 18.3 Å². The molecule has 0 amide bonds. The summed E-state index contributed by atoms with van der Waals surface area (Å²) in [7, 11) is 0. The van der Waals surface area contributed by atoms with E-state index in [1.807, 2.05) is 13.0 Å². The summed E-state index contributed by atoms with van der Waals surface area (Å²) in [6, 6.07) is 9.93. The molecule has 196 valence electrons. The summed E-state index contributed by atoms with van der Waals surface area (Å²) in [5.41, 5.74) is 3.38. The number of imidazole rings is 1. The second kappa shape index (κ2) is 9.29. The van der Waals surface area contributed by atoms with Crippen molar-refractivity contribution in [3.05, 3.63) is 47.5 Å². The largest absolute Gasteiger partial charge is 0.573 e. The minimum atomic E-state index is -4.73. The van der Waals surface area contributed by atoms with Gasteiger partial charge in [0.25, 0.3) is 0 Å². The number of ether oxygens (including phenoxy) is 1. The van der Waals surface area contributed by atoms with Crippen LogP contribution in [-0.4, -0.2) is 21.0 Å². The monoisotopic (exact) mass is 503 g/mol. The summed E-state index contributed by atoms with van der Waals surface area (Å²) in [6.07, 6.45) is -0.439. The van der Waals surface area contributed by atoms with Crippen molar-refractivity contribution < 1.29 is 23.0 Å². The van der Waals surface area contributed by atoms with Gasteiger partial charge in [0.2, 0.25) is 5.95 Å². The minimum Gasteiger partial charge on any atom is -0.406 e. The number of fused-ring (bicyclic) bond motifs is 1. The Morgan fingerprint density at radius 2 is 1.83 bits per heavy atom. The highest BCUT2D eigenvalue weighted by atomic mass is 19.4. The molecule has 2 N–H and O–H groups in total. The van der Waals surface area contributed by atoms with E-state index < -0.39 is 12.0 Å². The number of aliphatic hydroxyl groups is 1. The maximum Gasteiger partial charge on any atom is 0.573 e. The molecule has 4 rings (SSSR count). The van der Waals surface area contributed by atoms with Crippen LogP contribution in [0.15, 0.2) is 36.4 Å². The van der Waals surface area contributed by atoms with Gasteiger partial charge in [0.05, 0.1) is 16.6 Å². The molecule has 1 fully saturated rings. The fourth-order valence-electron chi connectivity index (χ4n) is 5.84. The fourth-order valence-corrected chi connectivity index (χ4v) is 5.84. The topological polar surface area (TPSA) is 59.3 Å². The number of anilines is 2. The standard InChI is InChI=1S/C28H36F3N3O2/c1-7-27(6)15-17(2)12-20(16-27)34-24-13-18(3)22(26(4,5)35)14-23(24)33-25(34)32-19-8-10-21(11-9-19)36-28(29,30)31/h8-11,13-14,17,20,35H,7,12,15-16H2,1-6H3,(H,32,33)/t17-,20?,27?/m0/s1. The molecule has 1 aliphatic carbocycles. The van der Waals surface area contributed by atoms with Gasteiger partial charge in [-0.05, 0) is 98.9 Å². The molecule has 1 saturated carbocycles. The zero-order valence-corrected chi connectivity index (χ0v) is 21.8. The molecule has 8 heteroatoms. The molecule has 0 aliphatic heterocycles. The number of aromatic nitrogens is 2. The van der Waals surface area contributed by atoms with E-state index in [4.69, 9.17) is 4.98 Å².